The molecule has 3 fully saturated rings. The van der Waals surface area contributed by atoms with Crippen molar-refractivity contribution in [1.29, 1.82) is 0 Å². The van der Waals surface area contributed by atoms with E-state index in [2.05, 4.69) is 71.6 Å². The molecular formula is C24H40N4. The molecule has 0 bridgehead atoms. The van der Waals surface area contributed by atoms with Crippen LogP contribution in [0.15, 0.2) is 24.3 Å². The van der Waals surface area contributed by atoms with Crippen LogP contribution in [0, 0.1) is 12.8 Å². The van der Waals surface area contributed by atoms with Crippen molar-refractivity contribution in [2.75, 3.05) is 63.8 Å². The SMILES string of the molecule is Cc1ccc(N2CC(CN3CCN(C4CCN(C(C)(C)C)CC4)CC3)C2)cc1. The number of likely N-dealkylation sites (tertiary alicyclic amines) is 1. The van der Waals surface area contributed by atoms with Gasteiger partial charge < -0.3 is 9.80 Å². The van der Waals surface area contributed by atoms with Gasteiger partial charge in [0, 0.05) is 82.1 Å². The molecular weight excluding hydrogens is 344 g/mol. The van der Waals surface area contributed by atoms with E-state index in [0.29, 0.717) is 5.54 Å². The number of rotatable bonds is 4. The normalized spacial score (nSPS) is 24.5. The summed E-state index contributed by atoms with van der Waals surface area (Å²) in [7, 11) is 0. The minimum Gasteiger partial charge on any atom is -0.371 e. The van der Waals surface area contributed by atoms with Crippen molar-refractivity contribution in [3.05, 3.63) is 29.8 Å². The second kappa shape index (κ2) is 8.33. The molecule has 0 spiro atoms. The Kier molecular flexibility index (Phi) is 6.01. The van der Waals surface area contributed by atoms with Gasteiger partial charge in [0.1, 0.15) is 0 Å². The van der Waals surface area contributed by atoms with Crippen molar-refractivity contribution in [2.45, 2.75) is 52.1 Å². The summed E-state index contributed by atoms with van der Waals surface area (Å²) in [6.07, 6.45) is 2.71. The van der Waals surface area contributed by atoms with Gasteiger partial charge in [0.15, 0.2) is 0 Å². The number of hydrogen-bond acceptors (Lipinski definition) is 4. The van der Waals surface area contributed by atoms with Crippen LogP contribution in [0.5, 0.6) is 0 Å². The molecule has 0 aliphatic carbocycles. The van der Waals surface area contributed by atoms with E-state index < -0.39 is 0 Å². The summed E-state index contributed by atoms with van der Waals surface area (Å²) in [5.41, 5.74) is 3.08. The van der Waals surface area contributed by atoms with Gasteiger partial charge in [0.05, 0.1) is 0 Å². The average molecular weight is 385 g/mol. The Morgan fingerprint density at radius 1 is 0.857 bits per heavy atom. The number of benzene rings is 1. The zero-order valence-electron chi connectivity index (χ0n) is 18.5. The molecule has 1 aromatic carbocycles. The Morgan fingerprint density at radius 2 is 1.46 bits per heavy atom. The first-order valence-electron chi connectivity index (χ1n) is 11.4. The highest BCUT2D eigenvalue weighted by atomic mass is 15.3. The Balaban J connectivity index is 1.15. The molecule has 28 heavy (non-hydrogen) atoms. The maximum absolute atomic E-state index is 2.79. The minimum atomic E-state index is 0.332. The third kappa shape index (κ3) is 4.72. The lowest BCUT2D eigenvalue weighted by atomic mass is 9.96. The van der Waals surface area contributed by atoms with Crippen molar-refractivity contribution in [3.8, 4) is 0 Å². The number of piperazine rings is 1. The monoisotopic (exact) mass is 384 g/mol. The van der Waals surface area contributed by atoms with Gasteiger partial charge in [0.25, 0.3) is 0 Å². The first-order chi connectivity index (χ1) is 13.4. The van der Waals surface area contributed by atoms with Crippen molar-refractivity contribution >= 4 is 5.69 Å². The maximum Gasteiger partial charge on any atom is 0.0366 e. The first-order valence-corrected chi connectivity index (χ1v) is 11.4. The van der Waals surface area contributed by atoms with Gasteiger partial charge in [-0.25, -0.2) is 0 Å². The van der Waals surface area contributed by atoms with Crippen LogP contribution in [0.25, 0.3) is 0 Å². The molecule has 4 heteroatoms. The van der Waals surface area contributed by atoms with Gasteiger partial charge in [-0.2, -0.15) is 0 Å². The fourth-order valence-electron chi connectivity index (χ4n) is 5.23. The molecule has 3 aliphatic heterocycles. The third-order valence-electron chi connectivity index (χ3n) is 7.21. The number of aryl methyl sites for hydroxylation is 1. The highest BCUT2D eigenvalue weighted by molar-refractivity contribution is 5.49. The molecule has 0 atom stereocenters. The number of nitrogens with zero attached hydrogens (tertiary/aromatic N) is 4. The Bertz CT molecular complexity index is 613. The lowest BCUT2D eigenvalue weighted by Crippen LogP contribution is -2.57. The van der Waals surface area contributed by atoms with E-state index in [0.717, 1.165) is 12.0 Å². The van der Waals surface area contributed by atoms with E-state index in [1.807, 2.05) is 0 Å². The lowest BCUT2D eigenvalue weighted by molar-refractivity contribution is 0.0285. The van der Waals surface area contributed by atoms with Crippen LogP contribution in [0.2, 0.25) is 0 Å². The summed E-state index contributed by atoms with van der Waals surface area (Å²) in [6.45, 7) is 20.6. The van der Waals surface area contributed by atoms with Gasteiger partial charge in [-0.1, -0.05) is 17.7 Å². The molecule has 0 amide bonds. The molecule has 0 unspecified atom stereocenters. The summed E-state index contributed by atoms with van der Waals surface area (Å²) < 4.78 is 0. The van der Waals surface area contributed by atoms with E-state index in [1.54, 1.807) is 0 Å². The molecule has 1 aromatic rings. The lowest BCUT2D eigenvalue weighted by Gasteiger charge is -2.47. The second-order valence-corrected chi connectivity index (χ2v) is 10.3. The minimum absolute atomic E-state index is 0.332. The predicted molar refractivity (Wildman–Crippen MR) is 119 cm³/mol. The van der Waals surface area contributed by atoms with Crippen LogP contribution in [0.1, 0.15) is 39.2 Å². The first kappa shape index (κ1) is 20.2. The quantitative estimate of drug-likeness (QED) is 0.789. The molecule has 3 saturated heterocycles. The molecule has 0 radical (unpaired) electrons. The molecule has 4 nitrogen and oxygen atoms in total. The van der Waals surface area contributed by atoms with Crippen molar-refractivity contribution < 1.29 is 0 Å². The Morgan fingerprint density at radius 3 is 2.04 bits per heavy atom. The van der Waals surface area contributed by atoms with Crippen LogP contribution in [0.4, 0.5) is 5.69 Å². The van der Waals surface area contributed by atoms with Crippen LogP contribution >= 0.6 is 0 Å². The van der Waals surface area contributed by atoms with Crippen LogP contribution in [-0.4, -0.2) is 85.2 Å². The van der Waals surface area contributed by atoms with Crippen LogP contribution < -0.4 is 4.90 Å². The molecule has 0 aromatic heterocycles. The highest BCUT2D eigenvalue weighted by Gasteiger charge is 2.33. The number of piperidine rings is 1. The standard InChI is InChI=1S/C24H40N4/c1-20-5-7-22(8-6-20)27-18-21(19-27)17-25-13-15-26(16-14-25)23-9-11-28(12-10-23)24(2,3)4/h5-8,21,23H,9-19H2,1-4H3. The Labute approximate surface area is 172 Å². The van der Waals surface area contributed by atoms with Crippen molar-refractivity contribution in [2.24, 2.45) is 5.92 Å². The summed E-state index contributed by atoms with van der Waals surface area (Å²) >= 11 is 0. The molecule has 3 aliphatic rings. The van der Waals surface area contributed by atoms with E-state index in [9.17, 15) is 0 Å². The molecule has 156 valence electrons. The molecule has 4 rings (SSSR count). The topological polar surface area (TPSA) is 13.0 Å². The van der Waals surface area contributed by atoms with E-state index in [-0.39, 0.29) is 0 Å². The van der Waals surface area contributed by atoms with Gasteiger partial charge >= 0.3 is 0 Å². The van der Waals surface area contributed by atoms with Gasteiger partial charge in [-0.15, -0.1) is 0 Å². The smallest absolute Gasteiger partial charge is 0.0366 e. The molecule has 0 N–H and O–H groups in total. The van der Waals surface area contributed by atoms with Gasteiger partial charge in [-0.05, 0) is 52.7 Å². The number of anilines is 1. The second-order valence-electron chi connectivity index (χ2n) is 10.3. The van der Waals surface area contributed by atoms with E-state index in [1.165, 1.54) is 83.0 Å². The zero-order valence-corrected chi connectivity index (χ0v) is 18.5. The number of hydrogen-bond donors (Lipinski definition) is 0. The summed E-state index contributed by atoms with van der Waals surface area (Å²) in [5, 5.41) is 0. The zero-order chi connectivity index (χ0) is 19.7. The Hall–Kier alpha value is -1.10. The van der Waals surface area contributed by atoms with Crippen LogP contribution in [-0.2, 0) is 0 Å². The summed E-state index contributed by atoms with van der Waals surface area (Å²) in [4.78, 5) is 10.7. The molecule has 3 heterocycles. The fourth-order valence-corrected chi connectivity index (χ4v) is 5.23. The van der Waals surface area contributed by atoms with Crippen molar-refractivity contribution in [3.63, 3.8) is 0 Å². The fraction of sp³-hybridized carbons (Fsp3) is 0.750. The average Bonchev–Trinajstić information content (AvgIpc) is 2.65. The largest absolute Gasteiger partial charge is 0.371 e. The van der Waals surface area contributed by atoms with Crippen LogP contribution in [0.3, 0.4) is 0 Å². The van der Waals surface area contributed by atoms with Gasteiger partial charge in [-0.3, -0.25) is 9.80 Å². The predicted octanol–water partition coefficient (Wildman–Crippen LogP) is 3.31. The highest BCUT2D eigenvalue weighted by Crippen LogP contribution is 2.27. The third-order valence-corrected chi connectivity index (χ3v) is 7.21. The maximum atomic E-state index is 2.79. The van der Waals surface area contributed by atoms with E-state index >= 15 is 0 Å². The summed E-state index contributed by atoms with van der Waals surface area (Å²) in [5.74, 6) is 0.850. The summed E-state index contributed by atoms with van der Waals surface area (Å²) in [6, 6.07) is 9.83. The van der Waals surface area contributed by atoms with Gasteiger partial charge in [0.2, 0.25) is 0 Å². The van der Waals surface area contributed by atoms with Crippen molar-refractivity contribution in [1.82, 2.24) is 14.7 Å². The van der Waals surface area contributed by atoms with E-state index in [4.69, 9.17) is 0 Å². The molecule has 0 saturated carbocycles.